The molecular weight excluding hydrogens is 212 g/mol. The van der Waals surface area contributed by atoms with Crippen molar-refractivity contribution in [2.24, 2.45) is 0 Å². The van der Waals surface area contributed by atoms with Crippen LogP contribution in [-0.4, -0.2) is 37.2 Å². The van der Waals surface area contributed by atoms with Crippen molar-refractivity contribution in [3.63, 3.8) is 0 Å². The number of hydrogen-bond donors (Lipinski definition) is 1. The van der Waals surface area contributed by atoms with Crippen LogP contribution in [0.15, 0.2) is 24.3 Å². The predicted molar refractivity (Wildman–Crippen MR) is 68.3 cm³/mol. The summed E-state index contributed by atoms with van der Waals surface area (Å²) < 4.78 is 5.73. The maximum Gasteiger partial charge on any atom is 0.124 e. The van der Waals surface area contributed by atoms with E-state index in [1.165, 1.54) is 5.56 Å². The Bertz CT molecular complexity index is 394. The van der Waals surface area contributed by atoms with Gasteiger partial charge in [0.25, 0.3) is 0 Å². The largest absolute Gasteiger partial charge is 0.493 e. The number of benzene rings is 1. The maximum atomic E-state index is 5.73. The highest BCUT2D eigenvalue weighted by molar-refractivity contribution is 5.37. The average Bonchev–Trinajstić information content (AvgIpc) is 2.38. The van der Waals surface area contributed by atoms with Crippen LogP contribution in [-0.2, 0) is 0 Å². The number of fused-ring (bicyclic) bond motifs is 1. The average molecular weight is 232 g/mol. The third-order valence-corrected chi connectivity index (χ3v) is 3.77. The smallest absolute Gasteiger partial charge is 0.124 e. The second kappa shape index (κ2) is 4.67. The number of rotatable bonds is 1. The van der Waals surface area contributed by atoms with Crippen LogP contribution in [0.4, 0.5) is 0 Å². The zero-order valence-electron chi connectivity index (χ0n) is 10.4. The standard InChI is InChI=1S/C14H20N2O/c1-11-10-16(8-7-15-11)13-6-9-17-14-5-3-2-4-12(13)14/h2-5,11,13,15H,6-10H2,1H3. The number of piperazine rings is 1. The minimum atomic E-state index is 0.546. The highest BCUT2D eigenvalue weighted by Gasteiger charge is 2.29. The molecule has 0 spiro atoms. The SMILES string of the molecule is CC1CN(C2CCOc3ccccc32)CCN1. The predicted octanol–water partition coefficient (Wildman–Crippen LogP) is 1.80. The van der Waals surface area contributed by atoms with Crippen LogP contribution in [0, 0.1) is 0 Å². The first-order chi connectivity index (χ1) is 8.34. The summed E-state index contributed by atoms with van der Waals surface area (Å²) in [5, 5.41) is 3.50. The zero-order valence-corrected chi connectivity index (χ0v) is 10.4. The van der Waals surface area contributed by atoms with E-state index in [0.717, 1.165) is 38.4 Å². The first-order valence-electron chi connectivity index (χ1n) is 6.54. The van der Waals surface area contributed by atoms with Crippen molar-refractivity contribution < 1.29 is 4.74 Å². The second-order valence-electron chi connectivity index (χ2n) is 5.04. The van der Waals surface area contributed by atoms with Crippen molar-refractivity contribution in [1.29, 1.82) is 0 Å². The highest BCUT2D eigenvalue weighted by Crippen LogP contribution is 2.35. The van der Waals surface area contributed by atoms with Crippen LogP contribution in [0.3, 0.4) is 0 Å². The van der Waals surface area contributed by atoms with Crippen LogP contribution < -0.4 is 10.1 Å². The molecule has 17 heavy (non-hydrogen) atoms. The monoisotopic (exact) mass is 232 g/mol. The van der Waals surface area contributed by atoms with Gasteiger partial charge in [-0.25, -0.2) is 0 Å². The van der Waals surface area contributed by atoms with Gasteiger partial charge in [0.15, 0.2) is 0 Å². The summed E-state index contributed by atoms with van der Waals surface area (Å²) in [5.74, 6) is 1.08. The van der Waals surface area contributed by atoms with Gasteiger partial charge < -0.3 is 10.1 Å². The summed E-state index contributed by atoms with van der Waals surface area (Å²) in [4.78, 5) is 2.60. The van der Waals surface area contributed by atoms with E-state index in [1.807, 2.05) is 0 Å². The highest BCUT2D eigenvalue weighted by atomic mass is 16.5. The third kappa shape index (κ3) is 2.17. The van der Waals surface area contributed by atoms with Gasteiger partial charge in [-0.05, 0) is 13.0 Å². The molecule has 1 saturated heterocycles. The van der Waals surface area contributed by atoms with Gasteiger partial charge in [0.2, 0.25) is 0 Å². The van der Waals surface area contributed by atoms with Gasteiger partial charge in [-0.15, -0.1) is 0 Å². The molecule has 0 saturated carbocycles. The van der Waals surface area contributed by atoms with E-state index < -0.39 is 0 Å². The normalized spacial score (nSPS) is 29.5. The molecule has 3 nitrogen and oxygen atoms in total. The fourth-order valence-corrected chi connectivity index (χ4v) is 2.95. The number of ether oxygens (including phenoxy) is 1. The van der Waals surface area contributed by atoms with Gasteiger partial charge in [0.05, 0.1) is 6.61 Å². The van der Waals surface area contributed by atoms with Crippen molar-refractivity contribution >= 4 is 0 Å². The van der Waals surface area contributed by atoms with Crippen molar-refractivity contribution in [3.05, 3.63) is 29.8 Å². The molecule has 0 aromatic heterocycles. The van der Waals surface area contributed by atoms with Crippen LogP contribution in [0.1, 0.15) is 24.9 Å². The van der Waals surface area contributed by atoms with E-state index in [0.29, 0.717) is 12.1 Å². The molecule has 2 heterocycles. The molecule has 2 unspecified atom stereocenters. The summed E-state index contributed by atoms with van der Waals surface area (Å²) >= 11 is 0. The Morgan fingerprint density at radius 2 is 2.24 bits per heavy atom. The topological polar surface area (TPSA) is 24.5 Å². The summed E-state index contributed by atoms with van der Waals surface area (Å²) in [6, 6.07) is 9.62. The molecule has 3 heteroatoms. The van der Waals surface area contributed by atoms with Crippen LogP contribution >= 0.6 is 0 Å². The minimum Gasteiger partial charge on any atom is -0.493 e. The number of para-hydroxylation sites is 1. The molecule has 3 rings (SSSR count). The molecular formula is C14H20N2O. The molecule has 2 atom stereocenters. The second-order valence-corrected chi connectivity index (χ2v) is 5.04. The van der Waals surface area contributed by atoms with Crippen molar-refractivity contribution in [2.75, 3.05) is 26.2 Å². The Kier molecular flexibility index (Phi) is 3.04. The fraction of sp³-hybridized carbons (Fsp3) is 0.571. The molecule has 1 aromatic carbocycles. The minimum absolute atomic E-state index is 0.546. The number of nitrogens with one attached hydrogen (secondary N) is 1. The van der Waals surface area contributed by atoms with Gasteiger partial charge in [-0.2, -0.15) is 0 Å². The zero-order chi connectivity index (χ0) is 11.7. The van der Waals surface area contributed by atoms with Crippen molar-refractivity contribution in [1.82, 2.24) is 10.2 Å². The van der Waals surface area contributed by atoms with Gasteiger partial charge in [-0.3, -0.25) is 4.90 Å². The van der Waals surface area contributed by atoms with Gasteiger partial charge in [-0.1, -0.05) is 18.2 Å². The third-order valence-electron chi connectivity index (χ3n) is 3.77. The molecule has 0 radical (unpaired) electrons. The molecule has 2 aliphatic heterocycles. The Hall–Kier alpha value is -1.06. The van der Waals surface area contributed by atoms with E-state index in [-0.39, 0.29) is 0 Å². The summed E-state index contributed by atoms with van der Waals surface area (Å²) in [6.45, 7) is 6.49. The van der Waals surface area contributed by atoms with Crippen molar-refractivity contribution in [3.8, 4) is 5.75 Å². The van der Waals surface area contributed by atoms with Crippen LogP contribution in [0.25, 0.3) is 0 Å². The Morgan fingerprint density at radius 1 is 1.35 bits per heavy atom. The van der Waals surface area contributed by atoms with Crippen LogP contribution in [0.2, 0.25) is 0 Å². The fourth-order valence-electron chi connectivity index (χ4n) is 2.95. The van der Waals surface area contributed by atoms with Gasteiger partial charge >= 0.3 is 0 Å². The van der Waals surface area contributed by atoms with E-state index in [4.69, 9.17) is 4.74 Å². The molecule has 92 valence electrons. The lowest BCUT2D eigenvalue weighted by atomic mass is 9.98. The molecule has 2 aliphatic rings. The maximum absolute atomic E-state index is 5.73. The first kappa shape index (κ1) is 11.1. The molecule has 0 amide bonds. The van der Waals surface area contributed by atoms with E-state index in [2.05, 4.69) is 41.4 Å². The number of hydrogen-bond acceptors (Lipinski definition) is 3. The molecule has 0 bridgehead atoms. The van der Waals surface area contributed by atoms with Crippen molar-refractivity contribution in [2.45, 2.75) is 25.4 Å². The Balaban J connectivity index is 1.84. The first-order valence-corrected chi connectivity index (χ1v) is 6.54. The van der Waals surface area contributed by atoms with E-state index in [9.17, 15) is 0 Å². The van der Waals surface area contributed by atoms with Gasteiger partial charge in [0.1, 0.15) is 5.75 Å². The molecule has 1 fully saturated rings. The lowest BCUT2D eigenvalue weighted by Gasteiger charge is -2.40. The molecule has 1 aromatic rings. The molecule has 1 N–H and O–H groups in total. The summed E-state index contributed by atoms with van der Waals surface area (Å²) in [6.07, 6.45) is 1.11. The van der Waals surface area contributed by atoms with Gasteiger partial charge in [0, 0.05) is 43.7 Å². The lowest BCUT2D eigenvalue weighted by Crippen LogP contribution is -2.50. The number of nitrogens with zero attached hydrogens (tertiary/aromatic N) is 1. The quantitative estimate of drug-likeness (QED) is 0.799. The summed E-state index contributed by atoms with van der Waals surface area (Å²) in [7, 11) is 0. The lowest BCUT2D eigenvalue weighted by molar-refractivity contribution is 0.110. The summed E-state index contributed by atoms with van der Waals surface area (Å²) in [5.41, 5.74) is 1.37. The Morgan fingerprint density at radius 3 is 3.12 bits per heavy atom. The Labute approximate surface area is 103 Å². The van der Waals surface area contributed by atoms with E-state index in [1.54, 1.807) is 0 Å². The molecule has 0 aliphatic carbocycles. The van der Waals surface area contributed by atoms with Crippen LogP contribution in [0.5, 0.6) is 5.75 Å². The van der Waals surface area contributed by atoms with E-state index >= 15 is 0 Å².